The number of carbonyl (C=O) groups excluding carboxylic acids is 1. The van der Waals surface area contributed by atoms with Crippen LogP contribution in [0.5, 0.6) is 0 Å². The summed E-state index contributed by atoms with van der Waals surface area (Å²) in [5.41, 5.74) is 0.929. The maximum atomic E-state index is 11.9. The van der Waals surface area contributed by atoms with Crippen molar-refractivity contribution in [3.63, 3.8) is 0 Å². The molecule has 0 radical (unpaired) electrons. The van der Waals surface area contributed by atoms with Gasteiger partial charge in [-0.25, -0.2) is 0 Å². The van der Waals surface area contributed by atoms with Crippen LogP contribution in [0.25, 0.3) is 21.5 Å². The largest absolute Gasteiger partial charge is 0.272 e. The zero-order chi connectivity index (χ0) is 16.7. The van der Waals surface area contributed by atoms with Gasteiger partial charge in [0.25, 0.3) is 5.91 Å². The van der Waals surface area contributed by atoms with E-state index in [1.807, 2.05) is 48.5 Å². The molecule has 1 saturated heterocycles. The Bertz CT molecular complexity index is 959. The first-order valence-corrected chi connectivity index (χ1v) is 9.06. The van der Waals surface area contributed by atoms with Gasteiger partial charge in [-0.3, -0.25) is 4.79 Å². The van der Waals surface area contributed by atoms with Gasteiger partial charge in [-0.05, 0) is 10.8 Å². The lowest BCUT2D eigenvalue weighted by atomic mass is 9.97. The van der Waals surface area contributed by atoms with Crippen LogP contribution in [0.1, 0.15) is 5.56 Å². The van der Waals surface area contributed by atoms with Gasteiger partial charge in [0, 0.05) is 16.3 Å². The standard InChI is InChI=1S/C18H11ClN2OS2/c19-17-13-7-3-1-5-11(13)15(12-6-2-4-8-14(12)17)9-20-21-16(22)10-24-18(21)23/h1-9H,10H2/b20-9-. The molecule has 1 heterocycles. The normalized spacial score (nSPS) is 15.3. The lowest BCUT2D eigenvalue weighted by Gasteiger charge is -2.12. The molecule has 1 aliphatic heterocycles. The van der Waals surface area contributed by atoms with Crippen molar-refractivity contribution in [3.8, 4) is 0 Å². The zero-order valence-electron chi connectivity index (χ0n) is 12.4. The molecule has 0 aliphatic carbocycles. The number of hydrogen-bond acceptors (Lipinski definition) is 4. The van der Waals surface area contributed by atoms with Gasteiger partial charge in [0.1, 0.15) is 0 Å². The third-order valence-electron chi connectivity index (χ3n) is 3.94. The molecule has 0 saturated carbocycles. The Kier molecular flexibility index (Phi) is 4.00. The van der Waals surface area contributed by atoms with Crippen LogP contribution in [0.3, 0.4) is 0 Å². The Labute approximate surface area is 153 Å². The number of thioether (sulfide) groups is 1. The van der Waals surface area contributed by atoms with E-state index in [0.717, 1.165) is 32.1 Å². The van der Waals surface area contributed by atoms with E-state index < -0.39 is 0 Å². The molecular weight excluding hydrogens is 360 g/mol. The van der Waals surface area contributed by atoms with E-state index in [0.29, 0.717) is 10.1 Å². The highest BCUT2D eigenvalue weighted by molar-refractivity contribution is 8.23. The number of rotatable bonds is 2. The first-order chi connectivity index (χ1) is 11.7. The number of benzene rings is 3. The summed E-state index contributed by atoms with van der Waals surface area (Å²) in [6.07, 6.45) is 1.71. The molecule has 1 amide bonds. The van der Waals surface area contributed by atoms with E-state index in [1.54, 1.807) is 6.21 Å². The summed E-state index contributed by atoms with van der Waals surface area (Å²) >= 11 is 13.1. The Morgan fingerprint density at radius 2 is 1.58 bits per heavy atom. The van der Waals surface area contributed by atoms with Gasteiger partial charge >= 0.3 is 0 Å². The lowest BCUT2D eigenvalue weighted by molar-refractivity contribution is -0.123. The van der Waals surface area contributed by atoms with Crippen molar-refractivity contribution in [1.29, 1.82) is 0 Å². The van der Waals surface area contributed by atoms with Gasteiger partial charge in [-0.2, -0.15) is 10.1 Å². The Morgan fingerprint density at radius 1 is 1.04 bits per heavy atom. The second-order valence-corrected chi connectivity index (χ2v) is 7.31. The SMILES string of the molecule is O=C1CSC(=S)N1/N=C\c1c2ccccc2c(Cl)c2ccccc12. The summed E-state index contributed by atoms with van der Waals surface area (Å²) in [4.78, 5) is 11.9. The Hall–Kier alpha value is -1.95. The first kappa shape index (κ1) is 15.6. The summed E-state index contributed by atoms with van der Waals surface area (Å²) in [5, 5.41) is 10.3. The van der Waals surface area contributed by atoms with Crippen molar-refractivity contribution < 1.29 is 4.79 Å². The number of halogens is 1. The highest BCUT2D eigenvalue weighted by Gasteiger charge is 2.26. The van der Waals surface area contributed by atoms with Crippen molar-refractivity contribution in [3.05, 3.63) is 59.1 Å². The quantitative estimate of drug-likeness (QED) is 0.367. The van der Waals surface area contributed by atoms with Gasteiger partial charge in [0.05, 0.1) is 17.0 Å². The van der Waals surface area contributed by atoms with E-state index in [2.05, 4.69) is 5.10 Å². The molecule has 1 aliphatic rings. The van der Waals surface area contributed by atoms with Gasteiger partial charge < -0.3 is 0 Å². The summed E-state index contributed by atoms with van der Waals surface area (Å²) in [6, 6.07) is 15.8. The third-order valence-corrected chi connectivity index (χ3v) is 5.68. The van der Waals surface area contributed by atoms with E-state index in [4.69, 9.17) is 23.8 Å². The minimum Gasteiger partial charge on any atom is -0.272 e. The van der Waals surface area contributed by atoms with Crippen molar-refractivity contribution >= 4 is 73.6 Å². The van der Waals surface area contributed by atoms with Crippen LogP contribution in [0, 0.1) is 0 Å². The predicted molar refractivity (Wildman–Crippen MR) is 106 cm³/mol. The zero-order valence-corrected chi connectivity index (χ0v) is 14.8. The number of fused-ring (bicyclic) bond motifs is 2. The molecule has 0 unspecified atom stereocenters. The molecule has 1 fully saturated rings. The van der Waals surface area contributed by atoms with Crippen LogP contribution in [0.15, 0.2) is 53.6 Å². The van der Waals surface area contributed by atoms with E-state index in [1.165, 1.54) is 16.8 Å². The van der Waals surface area contributed by atoms with Crippen molar-refractivity contribution in [2.45, 2.75) is 0 Å². The van der Waals surface area contributed by atoms with Crippen LogP contribution in [-0.4, -0.2) is 27.2 Å². The predicted octanol–water partition coefficient (Wildman–Crippen LogP) is 4.84. The molecule has 118 valence electrons. The van der Waals surface area contributed by atoms with E-state index >= 15 is 0 Å². The van der Waals surface area contributed by atoms with Gasteiger partial charge in [0.2, 0.25) is 0 Å². The maximum Gasteiger partial charge on any atom is 0.259 e. The average Bonchev–Trinajstić information content (AvgIpc) is 2.93. The number of thiocarbonyl (C=S) groups is 1. The molecule has 24 heavy (non-hydrogen) atoms. The molecular formula is C18H11ClN2OS2. The summed E-state index contributed by atoms with van der Waals surface area (Å²) < 4.78 is 0.485. The second kappa shape index (κ2) is 6.16. The number of nitrogens with zero attached hydrogens (tertiary/aromatic N) is 2. The highest BCUT2D eigenvalue weighted by Crippen LogP contribution is 2.35. The topological polar surface area (TPSA) is 32.7 Å². The van der Waals surface area contributed by atoms with Crippen molar-refractivity contribution in [2.24, 2.45) is 5.10 Å². The second-order valence-electron chi connectivity index (χ2n) is 5.32. The molecule has 6 heteroatoms. The van der Waals surface area contributed by atoms with Crippen LogP contribution < -0.4 is 0 Å². The summed E-state index contributed by atoms with van der Waals surface area (Å²) in [5.74, 6) is 0.252. The summed E-state index contributed by atoms with van der Waals surface area (Å²) in [7, 11) is 0. The molecule has 3 nitrogen and oxygen atoms in total. The molecule has 0 atom stereocenters. The molecule has 4 rings (SSSR count). The smallest absolute Gasteiger partial charge is 0.259 e. The third kappa shape index (κ3) is 2.49. The van der Waals surface area contributed by atoms with Crippen molar-refractivity contribution in [2.75, 3.05) is 5.75 Å². The Morgan fingerprint density at radius 3 is 2.08 bits per heavy atom. The Balaban J connectivity index is 1.97. The molecule has 0 bridgehead atoms. The molecule has 0 spiro atoms. The molecule has 3 aromatic carbocycles. The minimum atomic E-state index is -0.0937. The minimum absolute atomic E-state index is 0.0937. The van der Waals surface area contributed by atoms with E-state index in [9.17, 15) is 4.79 Å². The van der Waals surface area contributed by atoms with Crippen molar-refractivity contribution in [1.82, 2.24) is 5.01 Å². The van der Waals surface area contributed by atoms with Gasteiger partial charge in [0.15, 0.2) is 4.32 Å². The van der Waals surface area contributed by atoms with Crippen LogP contribution in [0.2, 0.25) is 5.02 Å². The molecule has 0 N–H and O–H groups in total. The number of amides is 1. The highest BCUT2D eigenvalue weighted by atomic mass is 35.5. The molecule has 0 aromatic heterocycles. The maximum absolute atomic E-state index is 11.9. The van der Waals surface area contributed by atoms with Crippen LogP contribution in [0.4, 0.5) is 0 Å². The monoisotopic (exact) mass is 370 g/mol. The van der Waals surface area contributed by atoms with Crippen LogP contribution >= 0.6 is 35.6 Å². The molecule has 3 aromatic rings. The number of hydrazone groups is 1. The summed E-state index contributed by atoms with van der Waals surface area (Å²) in [6.45, 7) is 0. The fourth-order valence-corrected chi connectivity index (χ4v) is 4.12. The van der Waals surface area contributed by atoms with Gasteiger partial charge in [-0.15, -0.1) is 0 Å². The van der Waals surface area contributed by atoms with E-state index in [-0.39, 0.29) is 5.91 Å². The average molecular weight is 371 g/mol. The fraction of sp³-hybridized carbons (Fsp3) is 0.0556. The number of hydrogen-bond donors (Lipinski definition) is 0. The number of carbonyl (C=O) groups is 1. The van der Waals surface area contributed by atoms with Gasteiger partial charge in [-0.1, -0.05) is 84.1 Å². The fourth-order valence-electron chi connectivity index (χ4n) is 2.82. The lowest BCUT2D eigenvalue weighted by Crippen LogP contribution is -2.22. The first-order valence-electron chi connectivity index (χ1n) is 7.29. The van der Waals surface area contributed by atoms with Crippen LogP contribution in [-0.2, 0) is 4.79 Å².